The van der Waals surface area contributed by atoms with Crippen LogP contribution in [0.1, 0.15) is 134 Å². The van der Waals surface area contributed by atoms with Crippen LogP contribution in [0.25, 0.3) is 6.08 Å². The van der Waals surface area contributed by atoms with E-state index in [0.29, 0.717) is 24.0 Å². The zero-order valence-corrected chi connectivity index (χ0v) is 27.9. The summed E-state index contributed by atoms with van der Waals surface area (Å²) < 4.78 is 6.41. The van der Waals surface area contributed by atoms with E-state index in [1.54, 1.807) is 6.07 Å². The lowest BCUT2D eigenvalue weighted by molar-refractivity contribution is -0.137. The maximum absolute atomic E-state index is 11.7. The van der Waals surface area contributed by atoms with Crippen molar-refractivity contribution in [2.75, 3.05) is 0 Å². The number of unbranched alkanes of at least 4 members (excludes halogenated alkanes) is 3. The zero-order valence-electron chi connectivity index (χ0n) is 27.9. The van der Waals surface area contributed by atoms with Gasteiger partial charge in [-0.2, -0.15) is 0 Å². The number of hydrogen-bond acceptors (Lipinski definition) is 3. The standard InChI is InChI=1S/C42H52O5/c43-41(44)18-7-2-1-6-13-34(38-16-10-15-36-29-37(42(45)46)27-28-39(36)38)25-26-35-14-8-9-17-40(35)47-30-33-23-21-32(22-24-33)20-19-31-11-4-3-5-12-31/h8-9,14,17,19-24,27-29,31,34,38H,1-7,10-13,15-16,18,25-26,30H2,(H,43,44)(H,45,46)/b20-19+. The third-order valence-corrected chi connectivity index (χ3v) is 10.4. The number of aryl methyl sites for hydroxylation is 2. The van der Waals surface area contributed by atoms with Crippen LogP contribution in [0.15, 0.2) is 72.8 Å². The van der Waals surface area contributed by atoms with Gasteiger partial charge in [0.05, 0.1) is 5.56 Å². The van der Waals surface area contributed by atoms with E-state index in [4.69, 9.17) is 9.84 Å². The van der Waals surface area contributed by atoms with E-state index >= 15 is 0 Å². The fourth-order valence-electron chi connectivity index (χ4n) is 7.71. The Labute approximate surface area is 281 Å². The highest BCUT2D eigenvalue weighted by Crippen LogP contribution is 2.42. The average Bonchev–Trinajstić information content (AvgIpc) is 3.10. The summed E-state index contributed by atoms with van der Waals surface area (Å²) in [6.45, 7) is 0.533. The zero-order chi connectivity index (χ0) is 32.8. The monoisotopic (exact) mass is 636 g/mol. The largest absolute Gasteiger partial charge is 0.489 e. The van der Waals surface area contributed by atoms with Crippen LogP contribution in [0.4, 0.5) is 0 Å². The molecule has 2 atom stereocenters. The van der Waals surface area contributed by atoms with E-state index in [-0.39, 0.29) is 6.42 Å². The summed E-state index contributed by atoms with van der Waals surface area (Å²) in [7, 11) is 0. The molecule has 2 N–H and O–H groups in total. The van der Waals surface area contributed by atoms with Crippen LogP contribution in [0.5, 0.6) is 5.75 Å². The smallest absolute Gasteiger partial charge is 0.335 e. The van der Waals surface area contributed by atoms with Gasteiger partial charge in [-0.15, -0.1) is 0 Å². The molecule has 5 rings (SSSR count). The molecule has 2 unspecified atom stereocenters. The van der Waals surface area contributed by atoms with E-state index < -0.39 is 11.9 Å². The summed E-state index contributed by atoms with van der Waals surface area (Å²) in [6, 6.07) is 22.9. The highest BCUT2D eigenvalue weighted by Gasteiger charge is 2.28. The minimum absolute atomic E-state index is 0.240. The summed E-state index contributed by atoms with van der Waals surface area (Å²) in [5.41, 5.74) is 6.51. The van der Waals surface area contributed by atoms with Crippen molar-refractivity contribution in [1.29, 1.82) is 0 Å². The molecular formula is C42H52O5. The lowest BCUT2D eigenvalue weighted by Crippen LogP contribution is -2.20. The SMILES string of the molecule is O=C(O)CCCCCCC(CCc1ccccc1OCc1ccc(/C=C/C2CCCCC2)cc1)C1CCCc2cc(C(=O)O)ccc21. The summed E-state index contributed by atoms with van der Waals surface area (Å²) in [4.78, 5) is 22.6. The quantitative estimate of drug-likeness (QED) is 0.144. The molecular weight excluding hydrogens is 584 g/mol. The fourth-order valence-corrected chi connectivity index (χ4v) is 7.71. The predicted molar refractivity (Wildman–Crippen MR) is 189 cm³/mol. The number of benzene rings is 3. The van der Waals surface area contributed by atoms with Gasteiger partial charge in [0.2, 0.25) is 0 Å². The number of aliphatic carboxylic acids is 1. The van der Waals surface area contributed by atoms with Crippen LogP contribution < -0.4 is 4.74 Å². The topological polar surface area (TPSA) is 83.8 Å². The summed E-state index contributed by atoms with van der Waals surface area (Å²) in [5, 5.41) is 18.6. The second-order valence-electron chi connectivity index (χ2n) is 13.8. The Balaban J connectivity index is 1.22. The first-order valence-electron chi connectivity index (χ1n) is 18.0. The van der Waals surface area contributed by atoms with Crippen LogP contribution in [0.3, 0.4) is 0 Å². The van der Waals surface area contributed by atoms with Crippen LogP contribution in [0, 0.1) is 11.8 Å². The Kier molecular flexibility index (Phi) is 13.1. The highest BCUT2D eigenvalue weighted by atomic mass is 16.5. The molecule has 0 aromatic heterocycles. The molecule has 0 saturated heterocycles. The van der Waals surface area contributed by atoms with Gasteiger partial charge in [0.1, 0.15) is 12.4 Å². The third-order valence-electron chi connectivity index (χ3n) is 10.4. The predicted octanol–water partition coefficient (Wildman–Crippen LogP) is 10.7. The van der Waals surface area contributed by atoms with Gasteiger partial charge in [-0.25, -0.2) is 4.79 Å². The number of para-hydroxylation sites is 1. The van der Waals surface area contributed by atoms with E-state index in [1.165, 1.54) is 54.4 Å². The van der Waals surface area contributed by atoms with Crippen molar-refractivity contribution in [2.24, 2.45) is 11.8 Å². The van der Waals surface area contributed by atoms with E-state index in [1.807, 2.05) is 12.1 Å². The lowest BCUT2D eigenvalue weighted by atomic mass is 9.72. The Morgan fingerprint density at radius 3 is 2.40 bits per heavy atom. The minimum atomic E-state index is -0.869. The molecule has 0 amide bonds. The lowest BCUT2D eigenvalue weighted by Gasteiger charge is -2.33. The maximum atomic E-state index is 11.7. The van der Waals surface area contributed by atoms with Crippen molar-refractivity contribution in [1.82, 2.24) is 0 Å². The number of fused-ring (bicyclic) bond motifs is 1. The Bertz CT molecular complexity index is 1470. The van der Waals surface area contributed by atoms with Crippen molar-refractivity contribution in [3.63, 3.8) is 0 Å². The highest BCUT2D eigenvalue weighted by molar-refractivity contribution is 5.88. The molecule has 5 nitrogen and oxygen atoms in total. The molecule has 0 aliphatic heterocycles. The first-order chi connectivity index (χ1) is 23.0. The first kappa shape index (κ1) is 34.5. The molecule has 47 heavy (non-hydrogen) atoms. The van der Waals surface area contributed by atoms with Crippen molar-refractivity contribution in [3.05, 3.63) is 106 Å². The maximum Gasteiger partial charge on any atom is 0.335 e. The fraction of sp³-hybridized carbons (Fsp3) is 0.476. The molecule has 0 radical (unpaired) electrons. The molecule has 1 fully saturated rings. The molecule has 250 valence electrons. The van der Waals surface area contributed by atoms with E-state index in [9.17, 15) is 14.7 Å². The van der Waals surface area contributed by atoms with Crippen LogP contribution in [0.2, 0.25) is 0 Å². The van der Waals surface area contributed by atoms with Gasteiger partial charge >= 0.3 is 11.9 Å². The summed E-state index contributed by atoms with van der Waals surface area (Å²) in [6.07, 6.45) is 21.6. The number of carboxylic acid groups (broad SMARTS) is 2. The second kappa shape index (κ2) is 17.9. The van der Waals surface area contributed by atoms with Gasteiger partial charge in [0, 0.05) is 6.42 Å². The molecule has 2 aliphatic carbocycles. The third kappa shape index (κ3) is 10.6. The van der Waals surface area contributed by atoms with Crippen molar-refractivity contribution >= 4 is 18.0 Å². The Morgan fingerprint density at radius 2 is 1.62 bits per heavy atom. The van der Waals surface area contributed by atoms with Gasteiger partial charge < -0.3 is 14.9 Å². The van der Waals surface area contributed by atoms with Gasteiger partial charge in [-0.1, -0.05) is 99.2 Å². The molecule has 2 aliphatic rings. The number of aromatic carboxylic acids is 1. The molecule has 1 saturated carbocycles. The number of allylic oxidation sites excluding steroid dienone is 1. The second-order valence-corrected chi connectivity index (χ2v) is 13.8. The molecule has 0 spiro atoms. The van der Waals surface area contributed by atoms with Crippen LogP contribution in [-0.4, -0.2) is 22.2 Å². The minimum Gasteiger partial charge on any atom is -0.489 e. The molecule has 0 heterocycles. The molecule has 3 aromatic rings. The van der Waals surface area contributed by atoms with Crippen LogP contribution >= 0.6 is 0 Å². The first-order valence-corrected chi connectivity index (χ1v) is 18.0. The molecule has 0 bridgehead atoms. The number of ether oxygens (including phenoxy) is 1. The van der Waals surface area contributed by atoms with Gasteiger partial charge in [-0.05, 0) is 122 Å². The van der Waals surface area contributed by atoms with Gasteiger partial charge in [0.25, 0.3) is 0 Å². The molecule has 3 aromatic carbocycles. The van der Waals surface area contributed by atoms with Crippen molar-refractivity contribution < 1.29 is 24.5 Å². The number of hydrogen-bond donors (Lipinski definition) is 2. The summed E-state index contributed by atoms with van der Waals surface area (Å²) in [5.74, 6) is 0.945. The van der Waals surface area contributed by atoms with Gasteiger partial charge in [-0.3, -0.25) is 4.79 Å². The van der Waals surface area contributed by atoms with Crippen molar-refractivity contribution in [3.8, 4) is 5.75 Å². The number of carbonyl (C=O) groups is 2. The Morgan fingerprint density at radius 1 is 0.830 bits per heavy atom. The van der Waals surface area contributed by atoms with E-state index in [0.717, 1.165) is 81.4 Å². The molecule has 5 heteroatoms. The number of carboxylic acids is 2. The Hall–Kier alpha value is -3.86. The summed E-state index contributed by atoms with van der Waals surface area (Å²) >= 11 is 0. The normalized spacial score (nSPS) is 17.3. The van der Waals surface area contributed by atoms with E-state index in [2.05, 4.69) is 60.7 Å². The van der Waals surface area contributed by atoms with Crippen molar-refractivity contribution in [2.45, 2.75) is 115 Å². The van der Waals surface area contributed by atoms with Crippen LogP contribution in [-0.2, 0) is 24.2 Å². The van der Waals surface area contributed by atoms with Gasteiger partial charge in [0.15, 0.2) is 0 Å². The average molecular weight is 637 g/mol. The number of rotatable bonds is 17.